The summed E-state index contributed by atoms with van der Waals surface area (Å²) in [5.41, 5.74) is 0.190. The van der Waals surface area contributed by atoms with E-state index in [0.29, 0.717) is 13.1 Å². The maximum absolute atomic E-state index is 12.1. The maximum atomic E-state index is 12.1. The normalized spacial score (nSPS) is 29.4. The van der Waals surface area contributed by atoms with Crippen molar-refractivity contribution >= 4 is 10.0 Å². The zero-order valence-corrected chi connectivity index (χ0v) is 11.5. The van der Waals surface area contributed by atoms with Gasteiger partial charge in [0.25, 0.3) is 0 Å². The second-order valence-electron chi connectivity index (χ2n) is 5.85. The van der Waals surface area contributed by atoms with E-state index in [1.807, 2.05) is 0 Å². The molecule has 2 rings (SSSR count). The first-order valence-electron chi connectivity index (χ1n) is 6.71. The van der Waals surface area contributed by atoms with Crippen LogP contribution in [0.5, 0.6) is 0 Å². The van der Waals surface area contributed by atoms with Crippen LogP contribution in [0.15, 0.2) is 0 Å². The highest BCUT2D eigenvalue weighted by Crippen LogP contribution is 2.36. The van der Waals surface area contributed by atoms with Gasteiger partial charge in [0, 0.05) is 13.1 Å². The van der Waals surface area contributed by atoms with Crippen molar-refractivity contribution in [2.24, 2.45) is 5.41 Å². The van der Waals surface area contributed by atoms with Gasteiger partial charge in [-0.05, 0) is 37.6 Å². The van der Waals surface area contributed by atoms with Crippen LogP contribution in [0.4, 0.5) is 0 Å². The van der Waals surface area contributed by atoms with Crippen molar-refractivity contribution in [3.05, 3.63) is 0 Å². The van der Waals surface area contributed by atoms with Crippen molar-refractivity contribution in [2.45, 2.75) is 50.7 Å². The molecule has 4 nitrogen and oxygen atoms in total. The Morgan fingerprint density at radius 1 is 1.29 bits per heavy atom. The third kappa shape index (κ3) is 3.42. The van der Waals surface area contributed by atoms with Gasteiger partial charge in [-0.2, -0.15) is 0 Å². The molecule has 2 fully saturated rings. The second kappa shape index (κ2) is 5.24. The summed E-state index contributed by atoms with van der Waals surface area (Å²) in [6, 6.07) is 0. The molecule has 2 N–H and O–H groups in total. The summed E-state index contributed by atoms with van der Waals surface area (Å²) in [7, 11) is -3.12. The molecule has 0 aromatic heterocycles. The number of hydrogen-bond donors (Lipinski definition) is 2. The highest BCUT2D eigenvalue weighted by Gasteiger charge is 2.32. The maximum Gasteiger partial charge on any atom is 0.215 e. The highest BCUT2D eigenvalue weighted by atomic mass is 32.2. The molecule has 100 valence electrons. The van der Waals surface area contributed by atoms with E-state index in [2.05, 4.69) is 17.0 Å². The van der Waals surface area contributed by atoms with Crippen molar-refractivity contribution in [1.82, 2.24) is 10.0 Å². The number of sulfonamides is 1. The van der Waals surface area contributed by atoms with Gasteiger partial charge in [0.2, 0.25) is 10.0 Å². The lowest BCUT2D eigenvalue weighted by Crippen LogP contribution is -2.46. The number of hydrogen-bond acceptors (Lipinski definition) is 3. The Morgan fingerprint density at radius 3 is 2.59 bits per heavy atom. The van der Waals surface area contributed by atoms with Crippen LogP contribution in [0.1, 0.15) is 45.4 Å². The van der Waals surface area contributed by atoms with Crippen LogP contribution in [-0.4, -0.2) is 33.3 Å². The summed E-state index contributed by atoms with van der Waals surface area (Å²) < 4.78 is 27.1. The molecule has 0 bridgehead atoms. The topological polar surface area (TPSA) is 58.2 Å². The largest absolute Gasteiger partial charge is 0.315 e. The lowest BCUT2D eigenvalue weighted by Gasteiger charge is -2.27. The van der Waals surface area contributed by atoms with E-state index < -0.39 is 10.0 Å². The summed E-state index contributed by atoms with van der Waals surface area (Å²) in [6.45, 7) is 4.36. The van der Waals surface area contributed by atoms with Crippen LogP contribution >= 0.6 is 0 Å². The van der Waals surface area contributed by atoms with Gasteiger partial charge in [-0.1, -0.05) is 19.8 Å². The minimum absolute atomic E-state index is 0.190. The molecule has 0 aromatic rings. The molecule has 1 saturated carbocycles. The van der Waals surface area contributed by atoms with Crippen molar-refractivity contribution < 1.29 is 8.42 Å². The quantitative estimate of drug-likeness (QED) is 0.799. The van der Waals surface area contributed by atoms with Gasteiger partial charge >= 0.3 is 0 Å². The lowest BCUT2D eigenvalue weighted by molar-refractivity contribution is 0.334. The Balaban J connectivity index is 1.88. The second-order valence-corrected chi connectivity index (χ2v) is 7.90. The SMILES string of the molecule is CC1(CNS(=O)(=O)C2CCCNC2)CCCC1. The molecule has 1 atom stereocenters. The number of piperidine rings is 1. The van der Waals surface area contributed by atoms with Gasteiger partial charge in [-0.25, -0.2) is 13.1 Å². The molecule has 1 heterocycles. The average Bonchev–Trinajstić information content (AvgIpc) is 2.76. The average molecular weight is 260 g/mol. The Hall–Kier alpha value is -0.130. The monoisotopic (exact) mass is 260 g/mol. The van der Waals surface area contributed by atoms with Gasteiger partial charge in [-0.3, -0.25) is 0 Å². The Labute approximate surface area is 105 Å². The molecule has 17 heavy (non-hydrogen) atoms. The smallest absolute Gasteiger partial charge is 0.215 e. The standard InChI is InChI=1S/C12H24N2O2S/c1-12(6-2-3-7-12)10-14-17(15,16)11-5-4-8-13-9-11/h11,13-14H,2-10H2,1H3. The molecule has 5 heteroatoms. The van der Waals surface area contributed by atoms with Crippen molar-refractivity contribution in [2.75, 3.05) is 19.6 Å². The van der Waals surface area contributed by atoms with E-state index in [9.17, 15) is 8.42 Å². The van der Waals surface area contributed by atoms with E-state index in [4.69, 9.17) is 0 Å². The van der Waals surface area contributed by atoms with Gasteiger partial charge in [0.05, 0.1) is 5.25 Å². The molecule has 0 aromatic carbocycles. The minimum atomic E-state index is -3.12. The van der Waals surface area contributed by atoms with Crippen LogP contribution in [0.3, 0.4) is 0 Å². The van der Waals surface area contributed by atoms with Gasteiger partial charge < -0.3 is 5.32 Å². The fraction of sp³-hybridized carbons (Fsp3) is 1.00. The summed E-state index contributed by atoms with van der Waals surface area (Å²) in [5, 5.41) is 2.92. The van der Waals surface area contributed by atoms with Crippen LogP contribution in [-0.2, 0) is 10.0 Å². The van der Waals surface area contributed by atoms with E-state index in [1.165, 1.54) is 12.8 Å². The molecule has 0 amide bonds. The summed E-state index contributed by atoms with van der Waals surface area (Å²) in [6.07, 6.45) is 6.53. The Morgan fingerprint density at radius 2 is 2.00 bits per heavy atom. The van der Waals surface area contributed by atoms with E-state index in [1.54, 1.807) is 0 Å². The third-order valence-electron chi connectivity index (χ3n) is 4.20. The first kappa shape index (κ1) is 13.3. The molecule has 0 spiro atoms. The number of rotatable bonds is 4. The predicted molar refractivity (Wildman–Crippen MR) is 69.4 cm³/mol. The van der Waals surface area contributed by atoms with E-state index in [0.717, 1.165) is 32.2 Å². The van der Waals surface area contributed by atoms with Crippen LogP contribution in [0.25, 0.3) is 0 Å². The highest BCUT2D eigenvalue weighted by molar-refractivity contribution is 7.90. The first-order valence-corrected chi connectivity index (χ1v) is 8.26. The lowest BCUT2D eigenvalue weighted by atomic mass is 9.89. The number of nitrogens with one attached hydrogen (secondary N) is 2. The summed E-state index contributed by atoms with van der Waals surface area (Å²) in [5.74, 6) is 0. The van der Waals surface area contributed by atoms with Gasteiger partial charge in [0.1, 0.15) is 0 Å². The van der Waals surface area contributed by atoms with Crippen molar-refractivity contribution in [3.63, 3.8) is 0 Å². The molecule has 1 saturated heterocycles. The van der Waals surface area contributed by atoms with Crippen molar-refractivity contribution in [3.8, 4) is 0 Å². The fourth-order valence-corrected chi connectivity index (χ4v) is 4.48. The minimum Gasteiger partial charge on any atom is -0.315 e. The summed E-state index contributed by atoms with van der Waals surface area (Å²) >= 11 is 0. The van der Waals surface area contributed by atoms with E-state index in [-0.39, 0.29) is 10.7 Å². The van der Waals surface area contributed by atoms with Crippen molar-refractivity contribution in [1.29, 1.82) is 0 Å². The molecular weight excluding hydrogens is 236 g/mol. The van der Waals surface area contributed by atoms with Gasteiger partial charge in [-0.15, -0.1) is 0 Å². The Kier molecular flexibility index (Phi) is 4.10. The van der Waals surface area contributed by atoms with Gasteiger partial charge in [0.15, 0.2) is 0 Å². The first-order chi connectivity index (χ1) is 8.02. The molecule has 2 aliphatic rings. The fourth-order valence-electron chi connectivity index (χ4n) is 2.88. The van der Waals surface area contributed by atoms with Crippen LogP contribution in [0, 0.1) is 5.41 Å². The molecule has 1 unspecified atom stereocenters. The molecular formula is C12H24N2O2S. The Bertz CT molecular complexity index is 342. The third-order valence-corrected chi connectivity index (χ3v) is 6.03. The zero-order chi connectivity index (χ0) is 12.4. The van der Waals surface area contributed by atoms with Crippen LogP contribution < -0.4 is 10.0 Å². The molecule has 1 aliphatic heterocycles. The summed E-state index contributed by atoms with van der Waals surface area (Å²) in [4.78, 5) is 0. The molecule has 1 aliphatic carbocycles. The predicted octanol–water partition coefficient (Wildman–Crippen LogP) is 1.24. The van der Waals surface area contributed by atoms with E-state index >= 15 is 0 Å². The molecule has 0 radical (unpaired) electrons. The zero-order valence-electron chi connectivity index (χ0n) is 10.7. The van der Waals surface area contributed by atoms with Crippen LogP contribution in [0.2, 0.25) is 0 Å².